The van der Waals surface area contributed by atoms with Crippen LogP contribution in [-0.2, 0) is 9.59 Å². The number of nitrogens with zero attached hydrogens (tertiary/aromatic N) is 2. The fourth-order valence-electron chi connectivity index (χ4n) is 2.88. The van der Waals surface area contributed by atoms with Crippen molar-refractivity contribution < 1.29 is 14.4 Å². The van der Waals surface area contributed by atoms with Crippen molar-refractivity contribution in [3.05, 3.63) is 58.1 Å². The molecule has 0 saturated carbocycles. The van der Waals surface area contributed by atoms with E-state index in [9.17, 15) is 14.4 Å². The van der Waals surface area contributed by atoms with E-state index in [1.807, 2.05) is 19.1 Å². The number of imide groups is 1. The number of benzene rings is 2. The van der Waals surface area contributed by atoms with Crippen molar-refractivity contribution >= 4 is 52.4 Å². The van der Waals surface area contributed by atoms with E-state index in [1.54, 1.807) is 19.1 Å². The van der Waals surface area contributed by atoms with Crippen molar-refractivity contribution in [3.63, 3.8) is 0 Å². The van der Waals surface area contributed by atoms with Crippen LogP contribution in [0.25, 0.3) is 0 Å². The quantitative estimate of drug-likeness (QED) is 0.778. The monoisotopic (exact) mass is 405 g/mol. The summed E-state index contributed by atoms with van der Waals surface area (Å²) in [5.74, 6) is -0.951. The van der Waals surface area contributed by atoms with Gasteiger partial charge < -0.3 is 5.32 Å². The summed E-state index contributed by atoms with van der Waals surface area (Å²) in [6.45, 7) is 3.17. The second-order valence-corrected chi connectivity index (χ2v) is 7.17. The molecule has 1 atom stereocenters. The normalized spacial score (nSPS) is 16.8. The summed E-state index contributed by atoms with van der Waals surface area (Å²) in [5.41, 5.74) is 2.04. The summed E-state index contributed by atoms with van der Waals surface area (Å²) in [7, 11) is 0. The van der Waals surface area contributed by atoms with Crippen LogP contribution in [0, 0.1) is 6.92 Å². The first-order valence-corrected chi connectivity index (χ1v) is 8.99. The molecule has 140 valence electrons. The van der Waals surface area contributed by atoms with E-state index in [4.69, 9.17) is 23.2 Å². The van der Waals surface area contributed by atoms with Crippen LogP contribution in [0.15, 0.2) is 42.5 Å². The zero-order chi connectivity index (χ0) is 19.7. The second-order valence-electron chi connectivity index (χ2n) is 6.29. The third-order valence-corrected chi connectivity index (χ3v) is 4.64. The van der Waals surface area contributed by atoms with Crippen LogP contribution in [0.2, 0.25) is 10.0 Å². The molecule has 2 aromatic carbocycles. The molecule has 0 spiro atoms. The van der Waals surface area contributed by atoms with Crippen molar-refractivity contribution in [3.8, 4) is 0 Å². The minimum absolute atomic E-state index is 0.366. The lowest BCUT2D eigenvalue weighted by atomic mass is 10.2. The third kappa shape index (κ3) is 4.07. The van der Waals surface area contributed by atoms with Gasteiger partial charge in [-0.05, 0) is 44.2 Å². The molecule has 3 rings (SSSR count). The average Bonchev–Trinajstić information content (AvgIpc) is 2.78. The fraction of sp³-hybridized carbons (Fsp3) is 0.211. The van der Waals surface area contributed by atoms with Crippen LogP contribution in [-0.4, -0.2) is 35.3 Å². The third-order valence-electron chi connectivity index (χ3n) is 4.21. The molecule has 0 unspecified atom stereocenters. The highest BCUT2D eigenvalue weighted by Gasteiger charge is 2.44. The van der Waals surface area contributed by atoms with Gasteiger partial charge in [0.2, 0.25) is 5.91 Å². The van der Waals surface area contributed by atoms with Gasteiger partial charge in [-0.2, -0.15) is 0 Å². The summed E-state index contributed by atoms with van der Waals surface area (Å²) in [5, 5.41) is 3.33. The number of rotatable bonds is 4. The Labute approximate surface area is 166 Å². The SMILES string of the molecule is Cc1ccc(N2C(=O)N(CC(=O)Nc3cc(Cl)cc(Cl)c3)C(=O)[C@H]2C)cc1. The van der Waals surface area contributed by atoms with Crippen LogP contribution >= 0.6 is 23.2 Å². The highest BCUT2D eigenvalue weighted by Crippen LogP contribution is 2.26. The first-order valence-electron chi connectivity index (χ1n) is 8.23. The Balaban J connectivity index is 1.74. The van der Waals surface area contributed by atoms with Crippen molar-refractivity contribution in [1.29, 1.82) is 0 Å². The van der Waals surface area contributed by atoms with Gasteiger partial charge in [0.15, 0.2) is 0 Å². The summed E-state index contributed by atoms with van der Waals surface area (Å²) in [4.78, 5) is 39.9. The highest BCUT2D eigenvalue weighted by atomic mass is 35.5. The molecule has 1 aliphatic rings. The number of urea groups is 1. The molecular weight excluding hydrogens is 389 g/mol. The van der Waals surface area contributed by atoms with Gasteiger partial charge in [-0.3, -0.25) is 19.4 Å². The predicted molar refractivity (Wildman–Crippen MR) is 105 cm³/mol. The Morgan fingerprint density at radius 1 is 1.07 bits per heavy atom. The summed E-state index contributed by atoms with van der Waals surface area (Å²) in [6, 6.07) is 10.6. The second kappa shape index (κ2) is 7.58. The van der Waals surface area contributed by atoms with Crippen LogP contribution < -0.4 is 10.2 Å². The van der Waals surface area contributed by atoms with E-state index in [2.05, 4.69) is 5.32 Å². The number of carbonyl (C=O) groups is 3. The highest BCUT2D eigenvalue weighted by molar-refractivity contribution is 6.35. The minimum Gasteiger partial charge on any atom is -0.324 e. The molecule has 1 saturated heterocycles. The molecule has 1 fully saturated rings. The molecule has 4 amide bonds. The van der Waals surface area contributed by atoms with E-state index < -0.39 is 30.4 Å². The molecule has 0 aromatic heterocycles. The number of nitrogens with one attached hydrogen (secondary N) is 1. The van der Waals surface area contributed by atoms with E-state index in [0.717, 1.165) is 10.5 Å². The number of amides is 4. The number of carbonyl (C=O) groups excluding carboxylic acids is 3. The van der Waals surface area contributed by atoms with Crippen molar-refractivity contribution in [2.45, 2.75) is 19.9 Å². The Kier molecular flexibility index (Phi) is 5.39. The summed E-state index contributed by atoms with van der Waals surface area (Å²) in [6.07, 6.45) is 0. The number of hydrogen-bond donors (Lipinski definition) is 1. The molecule has 0 radical (unpaired) electrons. The maximum atomic E-state index is 12.7. The fourth-order valence-corrected chi connectivity index (χ4v) is 3.41. The van der Waals surface area contributed by atoms with Gasteiger partial charge in [0.1, 0.15) is 12.6 Å². The standard InChI is InChI=1S/C19H17Cl2N3O3/c1-11-3-5-16(6-4-11)24-12(2)18(26)23(19(24)27)10-17(25)22-15-8-13(20)7-14(21)9-15/h3-9,12H,10H2,1-2H3,(H,22,25)/t12-/m1/s1. The predicted octanol–water partition coefficient (Wildman–Crippen LogP) is 4.10. The first kappa shape index (κ1) is 19.2. The summed E-state index contributed by atoms with van der Waals surface area (Å²) >= 11 is 11.8. The Bertz CT molecular complexity index is 895. The molecule has 0 aliphatic carbocycles. The molecule has 2 aromatic rings. The van der Waals surface area contributed by atoms with E-state index >= 15 is 0 Å². The molecule has 8 heteroatoms. The molecule has 1 N–H and O–H groups in total. The zero-order valence-corrected chi connectivity index (χ0v) is 16.2. The van der Waals surface area contributed by atoms with Gasteiger partial charge in [-0.15, -0.1) is 0 Å². The number of hydrogen-bond acceptors (Lipinski definition) is 3. The minimum atomic E-state index is -0.686. The smallest absolute Gasteiger partial charge is 0.324 e. The maximum Gasteiger partial charge on any atom is 0.332 e. The van der Waals surface area contributed by atoms with E-state index in [0.29, 0.717) is 21.4 Å². The molecule has 27 heavy (non-hydrogen) atoms. The molecule has 1 aliphatic heterocycles. The number of halogens is 2. The van der Waals surface area contributed by atoms with E-state index in [1.165, 1.54) is 23.1 Å². The topological polar surface area (TPSA) is 69.7 Å². The maximum absolute atomic E-state index is 12.7. The van der Waals surface area contributed by atoms with Crippen LogP contribution in [0.4, 0.5) is 16.2 Å². The molecule has 6 nitrogen and oxygen atoms in total. The van der Waals surface area contributed by atoms with Gasteiger partial charge in [-0.25, -0.2) is 4.79 Å². The van der Waals surface area contributed by atoms with Crippen molar-refractivity contribution in [2.24, 2.45) is 0 Å². The first-order chi connectivity index (χ1) is 12.8. The Morgan fingerprint density at radius 3 is 2.26 bits per heavy atom. The molecule has 0 bridgehead atoms. The van der Waals surface area contributed by atoms with Gasteiger partial charge in [0.25, 0.3) is 5.91 Å². The number of anilines is 2. The lowest BCUT2D eigenvalue weighted by Gasteiger charge is -2.19. The summed E-state index contributed by atoms with van der Waals surface area (Å²) < 4.78 is 0. The Hall–Kier alpha value is -2.57. The van der Waals surface area contributed by atoms with Crippen LogP contribution in [0.5, 0.6) is 0 Å². The van der Waals surface area contributed by atoms with Crippen molar-refractivity contribution in [1.82, 2.24) is 4.90 Å². The van der Waals surface area contributed by atoms with Crippen LogP contribution in [0.3, 0.4) is 0 Å². The van der Waals surface area contributed by atoms with E-state index in [-0.39, 0.29) is 0 Å². The van der Waals surface area contributed by atoms with Gasteiger partial charge in [0.05, 0.1) is 0 Å². The largest absolute Gasteiger partial charge is 0.332 e. The molecular formula is C19H17Cl2N3O3. The van der Waals surface area contributed by atoms with Gasteiger partial charge >= 0.3 is 6.03 Å². The Morgan fingerprint density at radius 2 is 1.67 bits per heavy atom. The van der Waals surface area contributed by atoms with Gasteiger partial charge in [0, 0.05) is 21.4 Å². The molecule has 1 heterocycles. The van der Waals surface area contributed by atoms with Crippen molar-refractivity contribution in [2.75, 3.05) is 16.8 Å². The average molecular weight is 406 g/mol. The van der Waals surface area contributed by atoms with Gasteiger partial charge in [-0.1, -0.05) is 40.9 Å². The lowest BCUT2D eigenvalue weighted by Crippen LogP contribution is -2.39. The number of aryl methyl sites for hydroxylation is 1. The lowest BCUT2D eigenvalue weighted by molar-refractivity contribution is -0.130. The zero-order valence-electron chi connectivity index (χ0n) is 14.7. The van der Waals surface area contributed by atoms with Crippen LogP contribution in [0.1, 0.15) is 12.5 Å².